The summed E-state index contributed by atoms with van der Waals surface area (Å²) in [5, 5.41) is 19.0. The number of carbonyl (C=O) groups is 1. The van der Waals surface area contributed by atoms with E-state index in [1.54, 1.807) is 39.0 Å². The van der Waals surface area contributed by atoms with Gasteiger partial charge in [0.05, 0.1) is 5.41 Å². The fraction of sp³-hybridized carbons (Fsp3) is 0.417. The van der Waals surface area contributed by atoms with E-state index < -0.39 is 11.4 Å². The Morgan fingerprint density at radius 2 is 2.07 bits per heavy atom. The maximum absolute atomic E-state index is 11.2. The molecule has 0 aliphatic rings. The minimum absolute atomic E-state index is 0.0873. The van der Waals surface area contributed by atoms with E-state index in [0.717, 1.165) is 0 Å². The van der Waals surface area contributed by atoms with Crippen LogP contribution < -0.4 is 0 Å². The van der Waals surface area contributed by atoms with Gasteiger partial charge in [-0.1, -0.05) is 25.1 Å². The number of carboxylic acids is 1. The maximum atomic E-state index is 11.2. The molecule has 1 atom stereocenters. The van der Waals surface area contributed by atoms with Gasteiger partial charge in [0.15, 0.2) is 0 Å². The number of carboxylic acid groups (broad SMARTS) is 1. The van der Waals surface area contributed by atoms with Crippen LogP contribution in [-0.2, 0) is 10.2 Å². The van der Waals surface area contributed by atoms with Crippen molar-refractivity contribution in [2.24, 2.45) is 0 Å². The number of hydrogen-bond acceptors (Lipinski definition) is 2. The molecular formula is C12H16O3. The summed E-state index contributed by atoms with van der Waals surface area (Å²) in [4.78, 5) is 11.2. The maximum Gasteiger partial charge on any atom is 0.313 e. The highest BCUT2D eigenvalue weighted by molar-refractivity contribution is 5.82. The molecule has 0 amide bonds. The highest BCUT2D eigenvalue weighted by atomic mass is 16.4. The van der Waals surface area contributed by atoms with Crippen LogP contribution in [0.4, 0.5) is 0 Å². The normalized spacial score (nSPS) is 14.6. The second-order valence-corrected chi connectivity index (χ2v) is 3.96. The van der Waals surface area contributed by atoms with Crippen molar-refractivity contribution in [2.75, 3.05) is 0 Å². The third kappa shape index (κ3) is 1.82. The molecule has 1 aromatic carbocycles. The van der Waals surface area contributed by atoms with E-state index in [-0.39, 0.29) is 5.75 Å². The zero-order valence-electron chi connectivity index (χ0n) is 9.24. The van der Waals surface area contributed by atoms with Crippen molar-refractivity contribution < 1.29 is 15.0 Å². The number of phenolic OH excluding ortho intramolecular Hbond substituents is 1. The molecule has 0 heterocycles. The molecule has 0 saturated heterocycles. The predicted molar refractivity (Wildman–Crippen MR) is 58.1 cm³/mol. The molecule has 0 aliphatic heterocycles. The van der Waals surface area contributed by atoms with E-state index in [4.69, 9.17) is 0 Å². The number of rotatable bonds is 3. The second-order valence-electron chi connectivity index (χ2n) is 3.96. The van der Waals surface area contributed by atoms with Crippen LogP contribution in [0.5, 0.6) is 5.75 Å². The molecular weight excluding hydrogens is 192 g/mol. The molecule has 3 heteroatoms. The molecule has 1 rings (SSSR count). The number of para-hydroxylation sites is 1. The van der Waals surface area contributed by atoms with Crippen LogP contribution in [0.2, 0.25) is 0 Å². The van der Waals surface area contributed by atoms with Crippen LogP contribution in [0.15, 0.2) is 18.2 Å². The quantitative estimate of drug-likeness (QED) is 0.802. The molecule has 0 aliphatic carbocycles. The molecule has 0 fully saturated rings. The summed E-state index contributed by atoms with van der Waals surface area (Å²) in [5.74, 6) is -0.824. The number of benzene rings is 1. The van der Waals surface area contributed by atoms with Gasteiger partial charge < -0.3 is 10.2 Å². The SMILES string of the molecule is CCC(C)(C(=O)O)c1cccc(C)c1O. The fourth-order valence-electron chi connectivity index (χ4n) is 1.56. The molecule has 82 valence electrons. The van der Waals surface area contributed by atoms with E-state index >= 15 is 0 Å². The van der Waals surface area contributed by atoms with E-state index in [0.29, 0.717) is 17.5 Å². The van der Waals surface area contributed by atoms with Crippen molar-refractivity contribution in [3.63, 3.8) is 0 Å². The lowest BCUT2D eigenvalue weighted by atomic mass is 9.79. The molecule has 2 N–H and O–H groups in total. The molecule has 15 heavy (non-hydrogen) atoms. The minimum atomic E-state index is -1.02. The van der Waals surface area contributed by atoms with Crippen molar-refractivity contribution in [3.8, 4) is 5.75 Å². The third-order valence-electron chi connectivity index (χ3n) is 3.01. The van der Waals surface area contributed by atoms with Crippen molar-refractivity contribution in [2.45, 2.75) is 32.6 Å². The average molecular weight is 208 g/mol. The molecule has 0 radical (unpaired) electrons. The lowest BCUT2D eigenvalue weighted by Gasteiger charge is -2.25. The van der Waals surface area contributed by atoms with Gasteiger partial charge in [-0.2, -0.15) is 0 Å². The van der Waals surface area contributed by atoms with Gasteiger partial charge in [-0.05, 0) is 25.8 Å². The van der Waals surface area contributed by atoms with Gasteiger partial charge in [-0.15, -0.1) is 0 Å². The summed E-state index contributed by atoms with van der Waals surface area (Å²) in [6.07, 6.45) is 0.444. The Bertz CT molecular complexity index is 384. The number of phenols is 1. The van der Waals surface area contributed by atoms with E-state index in [9.17, 15) is 15.0 Å². The molecule has 1 aromatic rings. The van der Waals surface area contributed by atoms with Crippen molar-refractivity contribution in [1.82, 2.24) is 0 Å². The fourth-order valence-corrected chi connectivity index (χ4v) is 1.56. The number of hydrogen-bond donors (Lipinski definition) is 2. The average Bonchev–Trinajstić information content (AvgIpc) is 2.20. The molecule has 1 unspecified atom stereocenters. The van der Waals surface area contributed by atoms with Gasteiger partial charge in [0.25, 0.3) is 0 Å². The van der Waals surface area contributed by atoms with Gasteiger partial charge in [-0.25, -0.2) is 0 Å². The minimum Gasteiger partial charge on any atom is -0.507 e. The Labute approximate surface area is 89.4 Å². The summed E-state index contributed by atoms with van der Waals surface area (Å²) in [7, 11) is 0. The number of aliphatic carboxylic acids is 1. The predicted octanol–water partition coefficient (Wildman–Crippen LogP) is 2.45. The van der Waals surface area contributed by atoms with Gasteiger partial charge in [0, 0.05) is 5.56 Å². The third-order valence-corrected chi connectivity index (χ3v) is 3.01. The van der Waals surface area contributed by atoms with Crippen LogP contribution in [0.3, 0.4) is 0 Å². The lowest BCUT2D eigenvalue weighted by molar-refractivity contribution is -0.143. The highest BCUT2D eigenvalue weighted by Crippen LogP contribution is 2.35. The smallest absolute Gasteiger partial charge is 0.313 e. The first kappa shape index (κ1) is 11.6. The number of aryl methyl sites for hydroxylation is 1. The van der Waals surface area contributed by atoms with Crippen molar-refractivity contribution >= 4 is 5.97 Å². The largest absolute Gasteiger partial charge is 0.507 e. The Kier molecular flexibility index (Phi) is 3.03. The molecule has 0 saturated carbocycles. The standard InChI is InChI=1S/C12H16O3/c1-4-12(3,11(14)15)9-7-5-6-8(2)10(9)13/h5-7,13H,4H2,1-3H3,(H,14,15). The van der Waals surface area contributed by atoms with Crippen LogP contribution in [-0.4, -0.2) is 16.2 Å². The number of aromatic hydroxyl groups is 1. The highest BCUT2D eigenvalue weighted by Gasteiger charge is 2.35. The molecule has 0 aromatic heterocycles. The first-order valence-corrected chi connectivity index (χ1v) is 4.96. The van der Waals surface area contributed by atoms with Crippen molar-refractivity contribution in [3.05, 3.63) is 29.3 Å². The first-order valence-electron chi connectivity index (χ1n) is 4.96. The van der Waals surface area contributed by atoms with Gasteiger partial charge in [0.1, 0.15) is 5.75 Å². The van der Waals surface area contributed by atoms with E-state index in [1.807, 2.05) is 0 Å². The zero-order chi connectivity index (χ0) is 11.6. The first-order chi connectivity index (χ1) is 6.93. The molecule has 3 nitrogen and oxygen atoms in total. The summed E-state index contributed by atoms with van der Waals surface area (Å²) in [5.41, 5.74) is 0.168. The van der Waals surface area contributed by atoms with Gasteiger partial charge in [0.2, 0.25) is 0 Å². The molecule has 0 bridgehead atoms. The van der Waals surface area contributed by atoms with Crippen LogP contribution in [0, 0.1) is 6.92 Å². The van der Waals surface area contributed by atoms with Crippen LogP contribution >= 0.6 is 0 Å². The Hall–Kier alpha value is -1.51. The monoisotopic (exact) mass is 208 g/mol. The molecule has 0 spiro atoms. The topological polar surface area (TPSA) is 57.5 Å². The Morgan fingerprint density at radius 3 is 2.53 bits per heavy atom. The van der Waals surface area contributed by atoms with Crippen LogP contribution in [0.1, 0.15) is 31.4 Å². The van der Waals surface area contributed by atoms with Gasteiger partial charge >= 0.3 is 5.97 Å². The zero-order valence-corrected chi connectivity index (χ0v) is 9.24. The van der Waals surface area contributed by atoms with Gasteiger partial charge in [-0.3, -0.25) is 4.79 Å². The Balaban J connectivity index is 3.37. The van der Waals surface area contributed by atoms with E-state index in [2.05, 4.69) is 0 Å². The lowest BCUT2D eigenvalue weighted by Crippen LogP contribution is -2.31. The van der Waals surface area contributed by atoms with E-state index in [1.165, 1.54) is 0 Å². The summed E-state index contributed by atoms with van der Waals surface area (Å²) in [6.45, 7) is 5.19. The summed E-state index contributed by atoms with van der Waals surface area (Å²) in [6, 6.07) is 5.19. The second kappa shape index (κ2) is 3.93. The van der Waals surface area contributed by atoms with Crippen LogP contribution in [0.25, 0.3) is 0 Å². The summed E-state index contributed by atoms with van der Waals surface area (Å²) < 4.78 is 0. The van der Waals surface area contributed by atoms with Crippen molar-refractivity contribution in [1.29, 1.82) is 0 Å². The summed E-state index contributed by atoms with van der Waals surface area (Å²) >= 11 is 0. The Morgan fingerprint density at radius 1 is 1.47 bits per heavy atom.